The molecular weight excluding hydrogens is 393 g/mol. The third-order valence-corrected chi connectivity index (χ3v) is 7.75. The van der Waals surface area contributed by atoms with Crippen molar-refractivity contribution in [3.05, 3.63) is 12.4 Å². The van der Waals surface area contributed by atoms with Crippen molar-refractivity contribution in [3.63, 3.8) is 0 Å². The van der Waals surface area contributed by atoms with Crippen molar-refractivity contribution in [3.8, 4) is 0 Å². The number of hydrogen-bond acceptors (Lipinski definition) is 7. The Hall–Kier alpha value is -1.52. The van der Waals surface area contributed by atoms with Gasteiger partial charge in [0.15, 0.2) is 0 Å². The SMILES string of the molecule is CC(=O)N1CCCC(CCS(=O)(=O)c2ncc(B3OC(C)(C)C(C)(C)O3)cn2)C1. The molecule has 3 heterocycles. The number of likely N-dealkylation sites (tertiary alicyclic amines) is 1. The molecule has 1 aromatic rings. The van der Waals surface area contributed by atoms with Crippen LogP contribution in [-0.4, -0.2) is 66.4 Å². The second-order valence-electron chi connectivity index (χ2n) is 8.97. The zero-order chi connectivity index (χ0) is 21.4. The summed E-state index contributed by atoms with van der Waals surface area (Å²) >= 11 is 0. The molecule has 0 radical (unpaired) electrons. The van der Waals surface area contributed by atoms with E-state index >= 15 is 0 Å². The molecule has 2 fully saturated rings. The fraction of sp³-hybridized carbons (Fsp3) is 0.737. The molecule has 0 aromatic carbocycles. The summed E-state index contributed by atoms with van der Waals surface area (Å²) in [6, 6.07) is 0. The van der Waals surface area contributed by atoms with Crippen LogP contribution in [0.2, 0.25) is 0 Å². The van der Waals surface area contributed by atoms with Crippen molar-refractivity contribution in [1.82, 2.24) is 14.9 Å². The van der Waals surface area contributed by atoms with E-state index in [2.05, 4.69) is 9.97 Å². The van der Waals surface area contributed by atoms with Crippen LogP contribution in [0.25, 0.3) is 0 Å². The Bertz CT molecular complexity index is 841. The molecule has 2 aliphatic rings. The van der Waals surface area contributed by atoms with Crippen molar-refractivity contribution < 1.29 is 22.5 Å². The second kappa shape index (κ2) is 7.96. The van der Waals surface area contributed by atoms with Gasteiger partial charge >= 0.3 is 7.12 Å². The summed E-state index contributed by atoms with van der Waals surface area (Å²) in [6.45, 7) is 10.7. The molecule has 0 bridgehead atoms. The number of piperidine rings is 1. The summed E-state index contributed by atoms with van der Waals surface area (Å²) in [5, 5.41) is -0.183. The highest BCUT2D eigenvalue weighted by atomic mass is 32.2. The molecule has 1 unspecified atom stereocenters. The molecule has 0 spiro atoms. The van der Waals surface area contributed by atoms with Gasteiger partial charge in [-0.1, -0.05) is 0 Å². The number of carbonyl (C=O) groups excluding carboxylic acids is 1. The van der Waals surface area contributed by atoms with E-state index < -0.39 is 28.2 Å². The van der Waals surface area contributed by atoms with Crippen LogP contribution in [0.4, 0.5) is 0 Å². The fourth-order valence-corrected chi connectivity index (χ4v) is 4.84. The maximum absolute atomic E-state index is 12.7. The molecule has 10 heteroatoms. The molecule has 160 valence electrons. The number of nitrogens with zero attached hydrogens (tertiary/aromatic N) is 3. The van der Waals surface area contributed by atoms with Gasteiger partial charge in [0.1, 0.15) is 0 Å². The molecular formula is C19H30BN3O5S. The van der Waals surface area contributed by atoms with E-state index in [1.54, 1.807) is 11.8 Å². The first-order chi connectivity index (χ1) is 13.4. The van der Waals surface area contributed by atoms with Gasteiger partial charge in [0.05, 0.1) is 17.0 Å². The first-order valence-electron chi connectivity index (χ1n) is 10.1. The van der Waals surface area contributed by atoms with Gasteiger partial charge in [-0.3, -0.25) is 4.79 Å². The van der Waals surface area contributed by atoms with Gasteiger partial charge < -0.3 is 14.2 Å². The number of rotatable bonds is 5. The Morgan fingerprint density at radius 3 is 2.34 bits per heavy atom. The lowest BCUT2D eigenvalue weighted by Crippen LogP contribution is -2.41. The van der Waals surface area contributed by atoms with Gasteiger partial charge in [-0.2, -0.15) is 0 Å². The third-order valence-electron chi connectivity index (χ3n) is 6.21. The van der Waals surface area contributed by atoms with E-state index in [4.69, 9.17) is 9.31 Å². The largest absolute Gasteiger partial charge is 0.498 e. The third kappa shape index (κ3) is 4.80. The number of carbonyl (C=O) groups is 1. The van der Waals surface area contributed by atoms with Crippen molar-refractivity contribution in [2.24, 2.45) is 5.92 Å². The van der Waals surface area contributed by atoms with Gasteiger partial charge in [-0.25, -0.2) is 18.4 Å². The molecule has 1 amide bonds. The maximum Gasteiger partial charge on any atom is 0.498 e. The highest BCUT2D eigenvalue weighted by Crippen LogP contribution is 2.36. The standard InChI is InChI=1S/C19H30BN3O5S/c1-14(24)23-9-6-7-15(13-23)8-10-29(25,26)17-21-11-16(12-22-17)20-27-18(2,3)19(4,5)28-20/h11-12,15H,6-10,13H2,1-5H3. The minimum Gasteiger partial charge on any atom is -0.399 e. The predicted molar refractivity (Wildman–Crippen MR) is 109 cm³/mol. The van der Waals surface area contributed by atoms with Crippen LogP contribution in [0.1, 0.15) is 53.9 Å². The molecule has 2 aliphatic heterocycles. The Morgan fingerprint density at radius 1 is 1.21 bits per heavy atom. The van der Waals surface area contributed by atoms with E-state index in [1.165, 1.54) is 12.4 Å². The monoisotopic (exact) mass is 423 g/mol. The van der Waals surface area contributed by atoms with E-state index in [0.29, 0.717) is 18.4 Å². The van der Waals surface area contributed by atoms with Crippen LogP contribution in [0.15, 0.2) is 17.6 Å². The van der Waals surface area contributed by atoms with Crippen LogP contribution in [0, 0.1) is 5.92 Å². The molecule has 8 nitrogen and oxygen atoms in total. The first-order valence-corrected chi connectivity index (χ1v) is 11.7. The molecule has 1 atom stereocenters. The Balaban J connectivity index is 1.62. The molecule has 0 aliphatic carbocycles. The molecule has 1 aromatic heterocycles. The van der Waals surface area contributed by atoms with Crippen LogP contribution in [-0.2, 0) is 23.9 Å². The van der Waals surface area contributed by atoms with Gasteiger partial charge in [0, 0.05) is 37.9 Å². The van der Waals surface area contributed by atoms with Gasteiger partial charge in [0.2, 0.25) is 20.9 Å². The summed E-state index contributed by atoms with van der Waals surface area (Å²) < 4.78 is 37.2. The van der Waals surface area contributed by atoms with Crippen molar-refractivity contribution >= 4 is 28.3 Å². The minimum atomic E-state index is -3.59. The highest BCUT2D eigenvalue weighted by Gasteiger charge is 2.52. The predicted octanol–water partition coefficient (Wildman–Crippen LogP) is 1.20. The Morgan fingerprint density at radius 2 is 1.79 bits per heavy atom. The minimum absolute atomic E-state index is 0.0285. The molecule has 29 heavy (non-hydrogen) atoms. The molecule has 0 N–H and O–H groups in total. The van der Waals surface area contributed by atoms with Gasteiger partial charge in [-0.15, -0.1) is 0 Å². The van der Waals surface area contributed by atoms with Gasteiger partial charge in [-0.05, 0) is 52.9 Å². The highest BCUT2D eigenvalue weighted by molar-refractivity contribution is 7.91. The smallest absolute Gasteiger partial charge is 0.399 e. The lowest BCUT2D eigenvalue weighted by atomic mass is 9.81. The normalized spacial score (nSPS) is 24.0. The average molecular weight is 423 g/mol. The second-order valence-corrected chi connectivity index (χ2v) is 11.0. The van der Waals surface area contributed by atoms with Crippen LogP contribution < -0.4 is 5.46 Å². The van der Waals surface area contributed by atoms with E-state index in [-0.39, 0.29) is 22.7 Å². The van der Waals surface area contributed by atoms with Gasteiger partial charge in [0.25, 0.3) is 0 Å². The number of aromatic nitrogens is 2. The van der Waals surface area contributed by atoms with Crippen molar-refractivity contribution in [1.29, 1.82) is 0 Å². The van der Waals surface area contributed by atoms with Crippen molar-refractivity contribution in [2.45, 2.75) is 70.2 Å². The zero-order valence-electron chi connectivity index (χ0n) is 17.8. The zero-order valence-corrected chi connectivity index (χ0v) is 18.7. The summed E-state index contributed by atoms with van der Waals surface area (Å²) in [4.78, 5) is 21.5. The van der Waals surface area contributed by atoms with Crippen molar-refractivity contribution in [2.75, 3.05) is 18.8 Å². The van der Waals surface area contributed by atoms with Crippen LogP contribution in [0.3, 0.4) is 0 Å². The lowest BCUT2D eigenvalue weighted by molar-refractivity contribution is -0.130. The van der Waals surface area contributed by atoms with E-state index in [0.717, 1.165) is 19.4 Å². The Labute approximate surface area is 173 Å². The van der Waals surface area contributed by atoms with Crippen LogP contribution >= 0.6 is 0 Å². The number of amides is 1. The topological polar surface area (TPSA) is 98.7 Å². The maximum atomic E-state index is 12.7. The van der Waals surface area contributed by atoms with E-state index in [1.807, 2.05) is 27.7 Å². The number of sulfone groups is 1. The molecule has 2 saturated heterocycles. The molecule has 3 rings (SSSR count). The number of hydrogen-bond donors (Lipinski definition) is 0. The molecule has 0 saturated carbocycles. The summed E-state index contributed by atoms with van der Waals surface area (Å²) in [5.41, 5.74) is -0.390. The summed E-state index contributed by atoms with van der Waals surface area (Å²) in [6.07, 6.45) is 5.25. The van der Waals surface area contributed by atoms with Crippen LogP contribution in [0.5, 0.6) is 0 Å². The fourth-order valence-electron chi connectivity index (χ4n) is 3.59. The first kappa shape index (κ1) is 22.2. The average Bonchev–Trinajstić information content (AvgIpc) is 2.88. The lowest BCUT2D eigenvalue weighted by Gasteiger charge is -2.32. The van der Waals surface area contributed by atoms with E-state index in [9.17, 15) is 13.2 Å². The summed E-state index contributed by atoms with van der Waals surface area (Å²) in [7, 11) is -4.22. The summed E-state index contributed by atoms with van der Waals surface area (Å²) in [5.74, 6) is 0.199. The quantitative estimate of drug-likeness (QED) is 0.518. The Kier molecular flexibility index (Phi) is 6.09.